The summed E-state index contributed by atoms with van der Waals surface area (Å²) in [6, 6.07) is 3.84. The zero-order valence-electron chi connectivity index (χ0n) is 10.4. The highest BCUT2D eigenvalue weighted by atomic mass is 19.2. The third-order valence-corrected chi connectivity index (χ3v) is 3.13. The lowest BCUT2D eigenvalue weighted by Gasteiger charge is -2.32. The minimum Gasteiger partial charge on any atom is -0.373 e. The summed E-state index contributed by atoms with van der Waals surface area (Å²) in [5.41, 5.74) is 5.56. The van der Waals surface area contributed by atoms with Crippen molar-refractivity contribution in [2.45, 2.75) is 12.5 Å². The van der Waals surface area contributed by atoms with Gasteiger partial charge >= 0.3 is 0 Å². The normalized spacial score (nSPS) is 19.5. The highest BCUT2D eigenvalue weighted by molar-refractivity contribution is 5.79. The zero-order valence-corrected chi connectivity index (χ0v) is 10.4. The number of rotatable bonds is 3. The van der Waals surface area contributed by atoms with Crippen LogP contribution in [0.3, 0.4) is 0 Å². The van der Waals surface area contributed by atoms with Crippen molar-refractivity contribution in [1.29, 1.82) is 0 Å². The van der Waals surface area contributed by atoms with Crippen molar-refractivity contribution < 1.29 is 18.3 Å². The first kappa shape index (κ1) is 13.9. The van der Waals surface area contributed by atoms with Gasteiger partial charge in [0.25, 0.3) is 0 Å². The Hall–Kier alpha value is -1.53. The Morgan fingerprint density at radius 3 is 3.00 bits per heavy atom. The summed E-state index contributed by atoms with van der Waals surface area (Å²) in [5.74, 6) is -2.14. The summed E-state index contributed by atoms with van der Waals surface area (Å²) in [6.45, 7) is 1.59. The second-order valence-electron chi connectivity index (χ2n) is 4.46. The highest BCUT2D eigenvalue weighted by Gasteiger charge is 2.24. The number of nitrogens with two attached hydrogens (primary N) is 1. The van der Waals surface area contributed by atoms with E-state index in [0.717, 1.165) is 6.07 Å². The zero-order chi connectivity index (χ0) is 13.8. The molecule has 2 N–H and O–H groups in total. The largest absolute Gasteiger partial charge is 0.373 e. The molecule has 19 heavy (non-hydrogen) atoms. The van der Waals surface area contributed by atoms with Crippen LogP contribution in [0.15, 0.2) is 18.2 Å². The van der Waals surface area contributed by atoms with Crippen LogP contribution in [-0.2, 0) is 16.0 Å². The molecule has 1 atom stereocenters. The SMILES string of the molecule is NCC1CN(C(=O)Cc2cccc(F)c2F)CCO1. The van der Waals surface area contributed by atoms with Crippen molar-refractivity contribution in [2.24, 2.45) is 5.73 Å². The number of amides is 1. The first-order valence-electron chi connectivity index (χ1n) is 6.14. The number of carbonyl (C=O) groups excluding carboxylic acids is 1. The van der Waals surface area contributed by atoms with E-state index < -0.39 is 11.6 Å². The Balaban J connectivity index is 2.02. The van der Waals surface area contributed by atoms with Crippen molar-refractivity contribution in [3.8, 4) is 0 Å². The molecule has 0 bridgehead atoms. The van der Waals surface area contributed by atoms with Crippen molar-refractivity contribution in [2.75, 3.05) is 26.2 Å². The molecule has 0 saturated carbocycles. The van der Waals surface area contributed by atoms with Gasteiger partial charge in [0, 0.05) is 25.2 Å². The van der Waals surface area contributed by atoms with Crippen LogP contribution < -0.4 is 5.73 Å². The Labute approximate surface area is 110 Å². The maximum absolute atomic E-state index is 13.5. The first-order chi connectivity index (χ1) is 9.11. The predicted octanol–water partition coefficient (Wildman–Crippen LogP) is 0.693. The Kier molecular flexibility index (Phi) is 4.44. The number of carbonyl (C=O) groups is 1. The standard InChI is InChI=1S/C13H16F2N2O2/c14-11-3-1-2-9(13(11)15)6-12(18)17-4-5-19-10(7-16)8-17/h1-3,10H,4-8,16H2. The van der Waals surface area contributed by atoms with Crippen LogP contribution in [0, 0.1) is 11.6 Å². The maximum Gasteiger partial charge on any atom is 0.227 e. The highest BCUT2D eigenvalue weighted by Crippen LogP contribution is 2.14. The van der Waals surface area contributed by atoms with Gasteiger partial charge in [0.05, 0.1) is 19.1 Å². The van der Waals surface area contributed by atoms with E-state index in [-0.39, 0.29) is 24.0 Å². The van der Waals surface area contributed by atoms with E-state index >= 15 is 0 Å². The molecule has 1 saturated heterocycles. The van der Waals surface area contributed by atoms with Crippen molar-refractivity contribution in [3.05, 3.63) is 35.4 Å². The molecule has 1 aliphatic heterocycles. The number of morpholine rings is 1. The van der Waals surface area contributed by atoms with Gasteiger partial charge in [-0.1, -0.05) is 12.1 Å². The molecule has 1 heterocycles. The van der Waals surface area contributed by atoms with Gasteiger partial charge in [-0.25, -0.2) is 8.78 Å². The number of hydrogen-bond donors (Lipinski definition) is 1. The van der Waals surface area contributed by atoms with Gasteiger partial charge in [0.2, 0.25) is 5.91 Å². The summed E-state index contributed by atoms with van der Waals surface area (Å²) in [6.07, 6.45) is -0.337. The Morgan fingerprint density at radius 2 is 2.26 bits per heavy atom. The summed E-state index contributed by atoms with van der Waals surface area (Å²) >= 11 is 0. The second-order valence-corrected chi connectivity index (χ2v) is 4.46. The number of benzene rings is 1. The number of hydrogen-bond acceptors (Lipinski definition) is 3. The fourth-order valence-corrected chi connectivity index (χ4v) is 2.05. The van der Waals surface area contributed by atoms with E-state index in [2.05, 4.69) is 0 Å². The summed E-state index contributed by atoms with van der Waals surface area (Å²) in [4.78, 5) is 13.6. The van der Waals surface area contributed by atoms with Gasteiger partial charge in [-0.05, 0) is 6.07 Å². The number of nitrogens with zero attached hydrogens (tertiary/aromatic N) is 1. The van der Waals surface area contributed by atoms with Crippen LogP contribution in [0.1, 0.15) is 5.56 Å². The van der Waals surface area contributed by atoms with Gasteiger partial charge in [-0.15, -0.1) is 0 Å². The summed E-state index contributed by atoms with van der Waals surface area (Å²) < 4.78 is 31.9. The molecule has 1 aromatic carbocycles. The minimum atomic E-state index is -0.959. The molecule has 0 radical (unpaired) electrons. The predicted molar refractivity (Wildman–Crippen MR) is 65.4 cm³/mol. The Morgan fingerprint density at radius 1 is 1.47 bits per heavy atom. The number of ether oxygens (including phenoxy) is 1. The molecule has 0 spiro atoms. The van der Waals surface area contributed by atoms with Gasteiger partial charge in [0.1, 0.15) is 0 Å². The molecule has 2 rings (SSSR count). The quantitative estimate of drug-likeness (QED) is 0.879. The molecule has 6 heteroatoms. The second kappa shape index (κ2) is 6.08. The molecule has 104 valence electrons. The van der Waals surface area contributed by atoms with E-state index in [0.29, 0.717) is 26.2 Å². The molecule has 0 aliphatic carbocycles. The molecule has 1 fully saturated rings. The lowest BCUT2D eigenvalue weighted by Crippen LogP contribution is -2.48. The maximum atomic E-state index is 13.5. The van der Waals surface area contributed by atoms with Crippen molar-refractivity contribution in [3.63, 3.8) is 0 Å². The summed E-state index contributed by atoms with van der Waals surface area (Å²) in [7, 11) is 0. The van der Waals surface area contributed by atoms with Gasteiger partial charge in [-0.3, -0.25) is 4.79 Å². The fraction of sp³-hybridized carbons (Fsp3) is 0.462. The van der Waals surface area contributed by atoms with E-state index in [1.54, 1.807) is 4.90 Å². The van der Waals surface area contributed by atoms with E-state index in [9.17, 15) is 13.6 Å². The average molecular weight is 270 g/mol. The molecular formula is C13H16F2N2O2. The van der Waals surface area contributed by atoms with E-state index in [4.69, 9.17) is 10.5 Å². The van der Waals surface area contributed by atoms with Crippen molar-refractivity contribution >= 4 is 5.91 Å². The molecule has 1 unspecified atom stereocenters. The smallest absolute Gasteiger partial charge is 0.227 e. The molecule has 0 aromatic heterocycles. The topological polar surface area (TPSA) is 55.6 Å². The van der Waals surface area contributed by atoms with Crippen LogP contribution in [0.2, 0.25) is 0 Å². The minimum absolute atomic E-state index is 0.0702. The third kappa shape index (κ3) is 3.27. The molecule has 1 aromatic rings. The molecular weight excluding hydrogens is 254 g/mol. The van der Waals surface area contributed by atoms with E-state index in [1.165, 1.54) is 12.1 Å². The van der Waals surface area contributed by atoms with E-state index in [1.807, 2.05) is 0 Å². The number of halogens is 2. The Bertz CT molecular complexity index is 468. The van der Waals surface area contributed by atoms with Gasteiger partial charge in [0.15, 0.2) is 11.6 Å². The third-order valence-electron chi connectivity index (χ3n) is 3.13. The summed E-state index contributed by atoms with van der Waals surface area (Å²) in [5, 5.41) is 0. The molecule has 4 nitrogen and oxygen atoms in total. The molecule has 1 aliphatic rings. The first-order valence-corrected chi connectivity index (χ1v) is 6.14. The van der Waals surface area contributed by atoms with Crippen LogP contribution in [0.25, 0.3) is 0 Å². The van der Waals surface area contributed by atoms with Crippen LogP contribution in [0.5, 0.6) is 0 Å². The van der Waals surface area contributed by atoms with Gasteiger partial charge in [-0.2, -0.15) is 0 Å². The van der Waals surface area contributed by atoms with Crippen LogP contribution in [-0.4, -0.2) is 43.2 Å². The molecule has 1 amide bonds. The lowest BCUT2D eigenvalue weighted by atomic mass is 10.1. The fourth-order valence-electron chi connectivity index (χ4n) is 2.05. The van der Waals surface area contributed by atoms with Crippen molar-refractivity contribution in [1.82, 2.24) is 4.90 Å². The van der Waals surface area contributed by atoms with Gasteiger partial charge < -0.3 is 15.4 Å². The van der Waals surface area contributed by atoms with Crippen LogP contribution >= 0.6 is 0 Å². The van der Waals surface area contributed by atoms with Crippen LogP contribution in [0.4, 0.5) is 8.78 Å². The lowest BCUT2D eigenvalue weighted by molar-refractivity contribution is -0.137. The monoisotopic (exact) mass is 270 g/mol. The average Bonchev–Trinajstić information content (AvgIpc) is 2.44.